The molecule has 5 nitrogen and oxygen atoms in total. The molecule has 2 heterocycles. The van der Waals surface area contributed by atoms with Crippen LogP contribution in [0, 0.1) is 17.6 Å². The molecule has 0 unspecified atom stereocenters. The monoisotopic (exact) mass is 397 g/mol. The van der Waals surface area contributed by atoms with Gasteiger partial charge in [0.15, 0.2) is 17.4 Å². The second-order valence-electron chi connectivity index (χ2n) is 6.97. The third-order valence-electron chi connectivity index (χ3n) is 4.79. The van der Waals surface area contributed by atoms with E-state index in [0.29, 0.717) is 18.2 Å². The van der Waals surface area contributed by atoms with E-state index >= 15 is 4.39 Å². The molecular weight excluding hydrogens is 376 g/mol. The van der Waals surface area contributed by atoms with Crippen LogP contribution >= 0.6 is 0 Å². The Morgan fingerprint density at radius 1 is 1.07 bits per heavy atom. The molecule has 3 aromatic rings. The number of halogens is 2. The summed E-state index contributed by atoms with van der Waals surface area (Å²) >= 11 is 0. The van der Waals surface area contributed by atoms with Gasteiger partial charge in [-0.3, -0.25) is 9.97 Å². The third kappa shape index (κ3) is 4.29. The molecule has 0 bridgehead atoms. The number of hydrogen-bond acceptors (Lipinski definition) is 5. The quantitative estimate of drug-likeness (QED) is 0.542. The fourth-order valence-corrected chi connectivity index (χ4v) is 3.08. The summed E-state index contributed by atoms with van der Waals surface area (Å²) in [5, 5.41) is 0. The molecule has 1 saturated carbocycles. The van der Waals surface area contributed by atoms with E-state index < -0.39 is 11.6 Å². The summed E-state index contributed by atoms with van der Waals surface area (Å²) in [6.45, 7) is 0.621. The Hall–Kier alpha value is -3.22. The van der Waals surface area contributed by atoms with Crippen molar-refractivity contribution in [1.29, 1.82) is 0 Å². The zero-order valence-corrected chi connectivity index (χ0v) is 16.0. The Kier molecular flexibility index (Phi) is 5.55. The summed E-state index contributed by atoms with van der Waals surface area (Å²) in [6, 6.07) is 8.33. The van der Waals surface area contributed by atoms with Crippen LogP contribution in [-0.2, 0) is 6.54 Å². The molecule has 29 heavy (non-hydrogen) atoms. The number of benzene rings is 1. The molecule has 7 heteroatoms. The van der Waals surface area contributed by atoms with Crippen LogP contribution in [0.4, 0.5) is 20.2 Å². The van der Waals surface area contributed by atoms with Gasteiger partial charge in [0.05, 0.1) is 31.3 Å². The Morgan fingerprint density at radius 3 is 2.45 bits per heavy atom. The van der Waals surface area contributed by atoms with Crippen molar-refractivity contribution in [3.05, 3.63) is 72.3 Å². The first-order chi connectivity index (χ1) is 14.2. The Balaban J connectivity index is 1.78. The molecule has 1 aromatic carbocycles. The highest BCUT2D eigenvalue weighted by molar-refractivity contribution is 5.67. The topological polar surface area (TPSA) is 47.5 Å². The van der Waals surface area contributed by atoms with E-state index in [2.05, 4.69) is 9.97 Å². The van der Waals surface area contributed by atoms with Crippen molar-refractivity contribution < 1.29 is 18.3 Å². The SMILES string of the molecule is COc1c(F)cc(N(Cc2cccnc2)c2cccnc2)c(F)c1OCC1CC1. The molecule has 0 N–H and O–H groups in total. The number of nitrogens with zero attached hydrogens (tertiary/aromatic N) is 3. The van der Waals surface area contributed by atoms with E-state index in [0.717, 1.165) is 24.5 Å². The van der Waals surface area contributed by atoms with E-state index in [4.69, 9.17) is 9.47 Å². The lowest BCUT2D eigenvalue weighted by Gasteiger charge is -2.26. The molecule has 150 valence electrons. The second-order valence-corrected chi connectivity index (χ2v) is 6.97. The average molecular weight is 397 g/mol. The molecule has 2 aromatic heterocycles. The van der Waals surface area contributed by atoms with Crippen LogP contribution in [-0.4, -0.2) is 23.7 Å². The van der Waals surface area contributed by atoms with Gasteiger partial charge in [0.1, 0.15) is 0 Å². The number of methoxy groups -OCH3 is 1. The lowest BCUT2D eigenvalue weighted by Crippen LogP contribution is -2.19. The van der Waals surface area contributed by atoms with Crippen molar-refractivity contribution in [2.45, 2.75) is 19.4 Å². The number of pyridine rings is 2. The van der Waals surface area contributed by atoms with Gasteiger partial charge in [-0.05, 0) is 42.5 Å². The molecule has 0 radical (unpaired) electrons. The molecule has 1 aliphatic carbocycles. The van der Waals surface area contributed by atoms with Gasteiger partial charge >= 0.3 is 0 Å². The first kappa shape index (κ1) is 19.1. The predicted molar refractivity (Wildman–Crippen MR) is 105 cm³/mol. The number of ether oxygens (including phenoxy) is 2. The van der Waals surface area contributed by atoms with Crippen molar-refractivity contribution in [2.75, 3.05) is 18.6 Å². The normalized spacial score (nSPS) is 13.2. The van der Waals surface area contributed by atoms with E-state index in [1.165, 1.54) is 7.11 Å². The zero-order chi connectivity index (χ0) is 20.2. The van der Waals surface area contributed by atoms with E-state index in [9.17, 15) is 4.39 Å². The van der Waals surface area contributed by atoms with Gasteiger partial charge in [-0.25, -0.2) is 8.78 Å². The predicted octanol–water partition coefficient (Wildman–Crippen LogP) is 4.89. The molecule has 0 amide bonds. The molecule has 0 atom stereocenters. The summed E-state index contributed by atoms with van der Waals surface area (Å²) in [5.41, 5.74) is 1.51. The van der Waals surface area contributed by atoms with Gasteiger partial charge in [0.25, 0.3) is 0 Å². The van der Waals surface area contributed by atoms with Crippen LogP contribution in [0.1, 0.15) is 18.4 Å². The smallest absolute Gasteiger partial charge is 0.202 e. The van der Waals surface area contributed by atoms with Crippen molar-refractivity contribution in [3.63, 3.8) is 0 Å². The van der Waals surface area contributed by atoms with Crippen LogP contribution in [0.3, 0.4) is 0 Å². The first-order valence-electron chi connectivity index (χ1n) is 9.42. The molecule has 0 aliphatic heterocycles. The highest BCUT2D eigenvalue weighted by Crippen LogP contribution is 2.42. The summed E-state index contributed by atoms with van der Waals surface area (Å²) in [6.07, 6.45) is 8.65. The number of rotatable bonds is 8. The van der Waals surface area contributed by atoms with E-state index in [-0.39, 0.29) is 23.7 Å². The van der Waals surface area contributed by atoms with Gasteiger partial charge < -0.3 is 14.4 Å². The molecular formula is C22H21F2N3O2. The van der Waals surface area contributed by atoms with Crippen LogP contribution in [0.25, 0.3) is 0 Å². The van der Waals surface area contributed by atoms with Crippen molar-refractivity contribution >= 4 is 11.4 Å². The zero-order valence-electron chi connectivity index (χ0n) is 16.0. The summed E-state index contributed by atoms with van der Waals surface area (Å²) in [5.74, 6) is -1.39. The minimum atomic E-state index is -0.685. The third-order valence-corrected chi connectivity index (χ3v) is 4.79. The second kappa shape index (κ2) is 8.43. The van der Waals surface area contributed by atoms with Gasteiger partial charge in [-0.2, -0.15) is 0 Å². The minimum Gasteiger partial charge on any atom is -0.490 e. The maximum atomic E-state index is 15.6. The fraction of sp³-hybridized carbons (Fsp3) is 0.273. The maximum Gasteiger partial charge on any atom is 0.202 e. The molecule has 4 rings (SSSR count). The lowest BCUT2D eigenvalue weighted by molar-refractivity contribution is 0.261. The summed E-state index contributed by atoms with van der Waals surface area (Å²) in [4.78, 5) is 9.87. The Bertz CT molecular complexity index is 967. The van der Waals surface area contributed by atoms with E-state index in [1.807, 2.05) is 6.07 Å². The van der Waals surface area contributed by atoms with Crippen molar-refractivity contribution in [2.24, 2.45) is 5.92 Å². The lowest BCUT2D eigenvalue weighted by atomic mass is 10.1. The molecule has 1 fully saturated rings. The molecule has 1 aliphatic rings. The number of anilines is 2. The van der Waals surface area contributed by atoms with Gasteiger partial charge in [0.2, 0.25) is 5.75 Å². The molecule has 0 spiro atoms. The number of aromatic nitrogens is 2. The summed E-state index contributed by atoms with van der Waals surface area (Å²) in [7, 11) is 1.30. The van der Waals surface area contributed by atoms with Crippen molar-refractivity contribution in [3.8, 4) is 11.5 Å². The van der Waals surface area contributed by atoms with Gasteiger partial charge in [-0.1, -0.05) is 6.07 Å². The highest BCUT2D eigenvalue weighted by Gasteiger charge is 2.28. The Morgan fingerprint density at radius 2 is 1.83 bits per heavy atom. The fourth-order valence-electron chi connectivity index (χ4n) is 3.08. The highest BCUT2D eigenvalue weighted by atomic mass is 19.1. The van der Waals surface area contributed by atoms with Gasteiger partial charge in [-0.15, -0.1) is 0 Å². The minimum absolute atomic E-state index is 0.0472. The molecule has 0 saturated heterocycles. The van der Waals surface area contributed by atoms with Crippen molar-refractivity contribution in [1.82, 2.24) is 9.97 Å². The average Bonchev–Trinajstić information content (AvgIpc) is 3.58. The van der Waals surface area contributed by atoms with Crippen LogP contribution in [0.15, 0.2) is 55.1 Å². The van der Waals surface area contributed by atoms with E-state index in [1.54, 1.807) is 47.9 Å². The van der Waals surface area contributed by atoms with Crippen LogP contribution < -0.4 is 14.4 Å². The number of hydrogen-bond donors (Lipinski definition) is 0. The van der Waals surface area contributed by atoms with Gasteiger partial charge in [0, 0.05) is 31.2 Å². The van der Waals surface area contributed by atoms with Crippen LogP contribution in [0.5, 0.6) is 11.5 Å². The standard InChI is InChI=1S/C22H21F2N3O2/c1-28-21-18(23)10-19(20(24)22(21)29-14-15-6-7-15)27(17-5-3-9-26-12-17)13-16-4-2-8-25-11-16/h2-5,8-12,15H,6-7,13-14H2,1H3. The van der Waals surface area contributed by atoms with Crippen LogP contribution in [0.2, 0.25) is 0 Å². The maximum absolute atomic E-state index is 15.6. The first-order valence-corrected chi connectivity index (χ1v) is 9.42. The summed E-state index contributed by atoms with van der Waals surface area (Å²) < 4.78 is 41.1. The largest absolute Gasteiger partial charge is 0.490 e. The Labute approximate surface area is 167 Å².